The minimum atomic E-state index is 0.355. The van der Waals surface area contributed by atoms with Crippen LogP contribution in [0.4, 0.5) is 0 Å². The van der Waals surface area contributed by atoms with Crippen LogP contribution in [-0.2, 0) is 6.42 Å². The first-order valence-corrected chi connectivity index (χ1v) is 7.78. The van der Waals surface area contributed by atoms with Crippen molar-refractivity contribution in [1.29, 1.82) is 0 Å². The summed E-state index contributed by atoms with van der Waals surface area (Å²) in [4.78, 5) is 0. The van der Waals surface area contributed by atoms with Gasteiger partial charge in [0.25, 0.3) is 0 Å². The lowest BCUT2D eigenvalue weighted by Crippen LogP contribution is -2.41. The smallest absolute Gasteiger partial charge is 0.00931 e. The van der Waals surface area contributed by atoms with Crippen molar-refractivity contribution in [2.24, 2.45) is 17.3 Å². The molecule has 3 rings (SSSR count). The minimum Gasteiger partial charge on any atom is -0.0996 e. The van der Waals surface area contributed by atoms with Crippen LogP contribution in [0.2, 0.25) is 0 Å². The fraction of sp³-hybridized carbons (Fsp3) is 0.579. The maximum atomic E-state index is 4.28. The summed E-state index contributed by atoms with van der Waals surface area (Å²) < 4.78 is 0. The highest BCUT2D eigenvalue weighted by Crippen LogP contribution is 2.56. The normalized spacial score (nSPS) is 37.3. The number of rotatable bonds is 1. The Morgan fingerprint density at radius 2 is 2.00 bits per heavy atom. The van der Waals surface area contributed by atoms with Crippen LogP contribution in [0.15, 0.2) is 36.4 Å². The average Bonchev–Trinajstić information content (AvgIpc) is 2.42. The number of allylic oxidation sites excluding steroid dienone is 1. The SMILES string of the molecule is C=C(C)[C@@]1(C)CCC2c3ccccc3CCC2C1C. The second kappa shape index (κ2) is 4.51. The van der Waals surface area contributed by atoms with Gasteiger partial charge in [-0.3, -0.25) is 0 Å². The van der Waals surface area contributed by atoms with E-state index in [1.165, 1.54) is 31.3 Å². The molecule has 0 spiro atoms. The van der Waals surface area contributed by atoms with Gasteiger partial charge < -0.3 is 0 Å². The van der Waals surface area contributed by atoms with Gasteiger partial charge in [0, 0.05) is 0 Å². The molecule has 0 amide bonds. The highest BCUT2D eigenvalue weighted by atomic mass is 14.5. The summed E-state index contributed by atoms with van der Waals surface area (Å²) in [6, 6.07) is 9.13. The first kappa shape index (κ1) is 13.0. The molecule has 1 saturated carbocycles. The fourth-order valence-electron chi connectivity index (χ4n) is 4.60. The quantitative estimate of drug-likeness (QED) is 0.593. The zero-order valence-corrected chi connectivity index (χ0v) is 12.6. The van der Waals surface area contributed by atoms with Crippen molar-refractivity contribution in [3.63, 3.8) is 0 Å². The zero-order valence-electron chi connectivity index (χ0n) is 12.6. The Hall–Kier alpha value is -1.04. The Kier molecular flexibility index (Phi) is 3.08. The Labute approximate surface area is 117 Å². The Bertz CT molecular complexity index is 499. The summed E-state index contributed by atoms with van der Waals surface area (Å²) in [6.07, 6.45) is 5.29. The third-order valence-corrected chi connectivity index (χ3v) is 6.32. The van der Waals surface area contributed by atoms with Crippen LogP contribution in [0.1, 0.15) is 57.1 Å². The van der Waals surface area contributed by atoms with Gasteiger partial charge in [-0.25, -0.2) is 0 Å². The number of hydrogen-bond acceptors (Lipinski definition) is 0. The molecule has 0 N–H and O–H groups in total. The molecule has 1 fully saturated rings. The molecule has 0 saturated heterocycles. The minimum absolute atomic E-state index is 0.355. The fourth-order valence-corrected chi connectivity index (χ4v) is 4.60. The van der Waals surface area contributed by atoms with Gasteiger partial charge in [-0.2, -0.15) is 0 Å². The maximum absolute atomic E-state index is 4.28. The van der Waals surface area contributed by atoms with Gasteiger partial charge >= 0.3 is 0 Å². The standard InChI is InChI=1S/C19H26/c1-13(2)19(4)12-11-18-16(14(19)3)10-9-15-7-5-6-8-17(15)18/h5-8,14,16,18H,1,9-12H2,2-4H3/t14?,16?,18?,19-/m1/s1. The van der Waals surface area contributed by atoms with Crippen LogP contribution >= 0.6 is 0 Å². The predicted octanol–water partition coefficient (Wildman–Crippen LogP) is 5.34. The molecule has 0 heteroatoms. The first-order chi connectivity index (χ1) is 9.04. The third-order valence-electron chi connectivity index (χ3n) is 6.32. The largest absolute Gasteiger partial charge is 0.0996 e. The van der Waals surface area contributed by atoms with Gasteiger partial charge in [0.2, 0.25) is 0 Å². The molecule has 2 aliphatic rings. The van der Waals surface area contributed by atoms with Crippen molar-refractivity contribution in [1.82, 2.24) is 0 Å². The summed E-state index contributed by atoms with van der Waals surface area (Å²) in [5.74, 6) is 2.41. The molecule has 0 aromatic heterocycles. The van der Waals surface area contributed by atoms with Crippen LogP contribution in [0, 0.1) is 17.3 Å². The summed E-state index contributed by atoms with van der Waals surface area (Å²) in [5.41, 5.74) is 4.99. The van der Waals surface area contributed by atoms with E-state index in [0.717, 1.165) is 17.8 Å². The van der Waals surface area contributed by atoms with Gasteiger partial charge in [0.05, 0.1) is 0 Å². The van der Waals surface area contributed by atoms with Crippen LogP contribution < -0.4 is 0 Å². The molecule has 102 valence electrons. The number of aryl methyl sites for hydroxylation is 1. The second-order valence-electron chi connectivity index (χ2n) is 7.03. The highest BCUT2D eigenvalue weighted by Gasteiger charge is 2.46. The molecule has 0 bridgehead atoms. The van der Waals surface area contributed by atoms with Crippen LogP contribution in [-0.4, -0.2) is 0 Å². The Morgan fingerprint density at radius 3 is 2.74 bits per heavy atom. The van der Waals surface area contributed by atoms with Crippen molar-refractivity contribution in [3.8, 4) is 0 Å². The van der Waals surface area contributed by atoms with Crippen molar-refractivity contribution in [2.45, 2.75) is 52.4 Å². The lowest BCUT2D eigenvalue weighted by atomic mass is 9.53. The predicted molar refractivity (Wildman–Crippen MR) is 82.3 cm³/mol. The van der Waals surface area contributed by atoms with E-state index in [2.05, 4.69) is 51.6 Å². The number of hydrogen-bond donors (Lipinski definition) is 0. The van der Waals surface area contributed by atoms with Gasteiger partial charge in [-0.05, 0) is 66.9 Å². The summed E-state index contributed by atoms with van der Waals surface area (Å²) in [7, 11) is 0. The molecule has 4 atom stereocenters. The molecular formula is C19H26. The average molecular weight is 254 g/mol. The Balaban J connectivity index is 1.95. The number of fused-ring (bicyclic) bond motifs is 3. The van der Waals surface area contributed by atoms with E-state index < -0.39 is 0 Å². The molecule has 19 heavy (non-hydrogen) atoms. The molecule has 0 nitrogen and oxygen atoms in total. The third kappa shape index (κ3) is 1.88. The van der Waals surface area contributed by atoms with Crippen LogP contribution in [0.5, 0.6) is 0 Å². The van der Waals surface area contributed by atoms with E-state index in [0.29, 0.717) is 5.41 Å². The molecule has 0 heterocycles. The van der Waals surface area contributed by atoms with Crippen LogP contribution in [0.3, 0.4) is 0 Å². The molecule has 2 aliphatic carbocycles. The summed E-state index contributed by atoms with van der Waals surface area (Å²) in [6.45, 7) is 11.4. The van der Waals surface area contributed by atoms with Gasteiger partial charge in [0.15, 0.2) is 0 Å². The van der Waals surface area contributed by atoms with E-state index in [9.17, 15) is 0 Å². The van der Waals surface area contributed by atoms with E-state index in [1.807, 2.05) is 0 Å². The van der Waals surface area contributed by atoms with Crippen molar-refractivity contribution in [2.75, 3.05) is 0 Å². The van der Waals surface area contributed by atoms with Gasteiger partial charge in [-0.1, -0.05) is 50.3 Å². The van der Waals surface area contributed by atoms with Crippen molar-refractivity contribution in [3.05, 3.63) is 47.5 Å². The monoisotopic (exact) mass is 254 g/mol. The molecular weight excluding hydrogens is 228 g/mol. The van der Waals surface area contributed by atoms with Gasteiger partial charge in [0.1, 0.15) is 0 Å². The van der Waals surface area contributed by atoms with E-state index >= 15 is 0 Å². The molecule has 1 aromatic carbocycles. The second-order valence-corrected chi connectivity index (χ2v) is 7.03. The topological polar surface area (TPSA) is 0 Å². The van der Waals surface area contributed by atoms with Gasteiger partial charge in [-0.15, -0.1) is 0 Å². The van der Waals surface area contributed by atoms with E-state index in [4.69, 9.17) is 0 Å². The van der Waals surface area contributed by atoms with Crippen molar-refractivity contribution >= 4 is 0 Å². The lowest BCUT2D eigenvalue weighted by Gasteiger charge is -2.51. The molecule has 1 aromatic rings. The van der Waals surface area contributed by atoms with E-state index in [-0.39, 0.29) is 0 Å². The summed E-state index contributed by atoms with van der Waals surface area (Å²) in [5, 5.41) is 0. The zero-order chi connectivity index (χ0) is 13.6. The van der Waals surface area contributed by atoms with E-state index in [1.54, 1.807) is 11.1 Å². The lowest BCUT2D eigenvalue weighted by molar-refractivity contribution is 0.0740. The van der Waals surface area contributed by atoms with Crippen LogP contribution in [0.25, 0.3) is 0 Å². The molecule has 0 radical (unpaired) electrons. The number of benzene rings is 1. The molecule has 3 unspecified atom stereocenters. The first-order valence-electron chi connectivity index (χ1n) is 7.78. The summed E-state index contributed by atoms with van der Waals surface area (Å²) >= 11 is 0. The van der Waals surface area contributed by atoms with Crippen molar-refractivity contribution < 1.29 is 0 Å². The maximum Gasteiger partial charge on any atom is -0.00931 e. The Morgan fingerprint density at radius 1 is 1.26 bits per heavy atom. The molecule has 0 aliphatic heterocycles. The highest BCUT2D eigenvalue weighted by molar-refractivity contribution is 5.35.